The lowest BCUT2D eigenvalue weighted by atomic mass is 9.74. The third-order valence-electron chi connectivity index (χ3n) is 5.04. The first-order valence-corrected chi connectivity index (χ1v) is 8.82. The van der Waals surface area contributed by atoms with E-state index in [1.165, 1.54) is 18.3 Å². The van der Waals surface area contributed by atoms with Crippen LogP contribution in [-0.2, 0) is 0 Å². The molecule has 0 amide bonds. The van der Waals surface area contributed by atoms with Gasteiger partial charge in [0.05, 0.1) is 11.0 Å². The Labute approximate surface area is 160 Å². The molecule has 28 heavy (non-hydrogen) atoms. The van der Waals surface area contributed by atoms with Gasteiger partial charge in [0.2, 0.25) is 5.95 Å². The number of anilines is 1. The normalized spacial score (nSPS) is 18.0. The standard InChI is InChI=1S/C19H19FN6O2/c1-12-15(26(27)28)10-22-18(23-12)25-11-19(2,3)16(25)17-21-8-9-24(17)14-6-4-13(20)5-7-14/h4-10,16H,11H2,1-3H3. The van der Waals surface area contributed by atoms with Crippen LogP contribution in [0.3, 0.4) is 0 Å². The molecule has 1 aliphatic heterocycles. The molecule has 1 aromatic carbocycles. The van der Waals surface area contributed by atoms with Crippen molar-refractivity contribution in [3.63, 3.8) is 0 Å². The summed E-state index contributed by atoms with van der Waals surface area (Å²) in [4.78, 5) is 25.6. The monoisotopic (exact) mass is 382 g/mol. The fraction of sp³-hybridized carbons (Fsp3) is 0.316. The molecule has 1 aliphatic rings. The Hall–Kier alpha value is -3.36. The predicted molar refractivity (Wildman–Crippen MR) is 101 cm³/mol. The number of halogens is 1. The largest absolute Gasteiger partial charge is 0.329 e. The van der Waals surface area contributed by atoms with Crippen molar-refractivity contribution in [1.82, 2.24) is 19.5 Å². The molecule has 1 unspecified atom stereocenters. The summed E-state index contributed by atoms with van der Waals surface area (Å²) in [6.45, 7) is 6.53. The van der Waals surface area contributed by atoms with Gasteiger partial charge in [0.15, 0.2) is 0 Å². The molecule has 0 N–H and O–H groups in total. The van der Waals surface area contributed by atoms with Crippen LogP contribution in [-0.4, -0.2) is 31.0 Å². The second-order valence-electron chi connectivity index (χ2n) is 7.55. The van der Waals surface area contributed by atoms with E-state index < -0.39 is 4.92 Å². The minimum atomic E-state index is -0.488. The average Bonchev–Trinajstić information content (AvgIpc) is 3.08. The van der Waals surface area contributed by atoms with Gasteiger partial charge >= 0.3 is 5.69 Å². The molecule has 1 fully saturated rings. The van der Waals surface area contributed by atoms with Crippen LogP contribution in [0.4, 0.5) is 16.0 Å². The molecule has 4 rings (SSSR count). The number of aryl methyl sites for hydroxylation is 1. The summed E-state index contributed by atoms with van der Waals surface area (Å²) in [6.07, 6.45) is 4.77. The van der Waals surface area contributed by atoms with Crippen LogP contribution >= 0.6 is 0 Å². The van der Waals surface area contributed by atoms with Crippen molar-refractivity contribution in [1.29, 1.82) is 0 Å². The topological polar surface area (TPSA) is 90.0 Å². The van der Waals surface area contributed by atoms with Gasteiger partial charge in [0, 0.05) is 30.0 Å². The number of benzene rings is 1. The van der Waals surface area contributed by atoms with E-state index in [4.69, 9.17) is 0 Å². The van der Waals surface area contributed by atoms with E-state index in [1.54, 1.807) is 25.3 Å². The van der Waals surface area contributed by atoms with Gasteiger partial charge in [-0.2, -0.15) is 0 Å². The number of aromatic nitrogens is 4. The van der Waals surface area contributed by atoms with Crippen molar-refractivity contribution >= 4 is 11.6 Å². The van der Waals surface area contributed by atoms with E-state index >= 15 is 0 Å². The fourth-order valence-corrected chi connectivity index (χ4v) is 3.70. The van der Waals surface area contributed by atoms with Gasteiger partial charge in [0.25, 0.3) is 0 Å². The number of imidazole rings is 1. The number of hydrogen-bond acceptors (Lipinski definition) is 6. The maximum atomic E-state index is 13.3. The zero-order valence-electron chi connectivity index (χ0n) is 15.7. The number of nitro groups is 1. The third kappa shape index (κ3) is 2.88. The summed E-state index contributed by atoms with van der Waals surface area (Å²) < 4.78 is 15.2. The van der Waals surface area contributed by atoms with Crippen molar-refractivity contribution in [3.8, 4) is 5.69 Å². The molecule has 144 valence electrons. The van der Waals surface area contributed by atoms with Gasteiger partial charge in [0.1, 0.15) is 23.5 Å². The highest BCUT2D eigenvalue weighted by molar-refractivity contribution is 5.46. The zero-order chi connectivity index (χ0) is 20.1. The molecule has 8 nitrogen and oxygen atoms in total. The fourth-order valence-electron chi connectivity index (χ4n) is 3.70. The van der Waals surface area contributed by atoms with Crippen molar-refractivity contribution in [2.24, 2.45) is 5.41 Å². The Morgan fingerprint density at radius 2 is 1.96 bits per heavy atom. The van der Waals surface area contributed by atoms with Crippen molar-refractivity contribution in [2.45, 2.75) is 26.8 Å². The molecule has 3 heterocycles. The Morgan fingerprint density at radius 1 is 1.25 bits per heavy atom. The lowest BCUT2D eigenvalue weighted by molar-refractivity contribution is -0.386. The first-order chi connectivity index (χ1) is 13.3. The zero-order valence-corrected chi connectivity index (χ0v) is 15.7. The molecule has 2 aromatic heterocycles. The number of nitrogens with zero attached hydrogens (tertiary/aromatic N) is 6. The highest BCUT2D eigenvalue weighted by Crippen LogP contribution is 2.49. The second kappa shape index (κ2) is 6.36. The van der Waals surface area contributed by atoms with E-state index in [0.717, 1.165) is 11.5 Å². The molecular weight excluding hydrogens is 363 g/mol. The minimum Gasteiger partial charge on any atom is -0.329 e. The maximum Gasteiger partial charge on any atom is 0.308 e. The van der Waals surface area contributed by atoms with E-state index in [9.17, 15) is 14.5 Å². The highest BCUT2D eigenvalue weighted by Gasteiger charge is 2.50. The molecular formula is C19H19FN6O2. The lowest BCUT2D eigenvalue weighted by Gasteiger charge is -2.53. The summed E-state index contributed by atoms with van der Waals surface area (Å²) in [5.41, 5.74) is 0.910. The van der Waals surface area contributed by atoms with Crippen LogP contribution in [0.2, 0.25) is 0 Å². The van der Waals surface area contributed by atoms with Crippen LogP contribution in [0.1, 0.15) is 31.4 Å². The van der Waals surface area contributed by atoms with Crippen molar-refractivity contribution < 1.29 is 9.31 Å². The minimum absolute atomic E-state index is 0.104. The molecule has 0 radical (unpaired) electrons. The second-order valence-corrected chi connectivity index (χ2v) is 7.55. The van der Waals surface area contributed by atoms with Gasteiger partial charge in [-0.15, -0.1) is 0 Å². The Morgan fingerprint density at radius 3 is 2.57 bits per heavy atom. The molecule has 1 saturated heterocycles. The average molecular weight is 382 g/mol. The van der Waals surface area contributed by atoms with Crippen LogP contribution < -0.4 is 4.90 Å². The molecule has 9 heteroatoms. The molecule has 3 aromatic rings. The lowest BCUT2D eigenvalue weighted by Crippen LogP contribution is -2.57. The summed E-state index contributed by atoms with van der Waals surface area (Å²) in [5.74, 6) is 0.911. The molecule has 0 spiro atoms. The summed E-state index contributed by atoms with van der Waals surface area (Å²) >= 11 is 0. The summed E-state index contributed by atoms with van der Waals surface area (Å²) in [7, 11) is 0. The van der Waals surface area contributed by atoms with Gasteiger partial charge < -0.3 is 9.47 Å². The van der Waals surface area contributed by atoms with E-state index in [1.807, 2.05) is 15.7 Å². The number of hydrogen-bond donors (Lipinski definition) is 0. The Kier molecular flexibility index (Phi) is 4.10. The van der Waals surface area contributed by atoms with Gasteiger partial charge in [-0.05, 0) is 31.2 Å². The van der Waals surface area contributed by atoms with Gasteiger partial charge in [-0.1, -0.05) is 13.8 Å². The van der Waals surface area contributed by atoms with Gasteiger partial charge in [-0.25, -0.2) is 19.3 Å². The SMILES string of the molecule is Cc1nc(N2CC(C)(C)C2c2nccn2-c2ccc(F)cc2)ncc1[N+](=O)[O-]. The van der Waals surface area contributed by atoms with Crippen LogP contribution in [0.25, 0.3) is 5.69 Å². The molecule has 1 atom stereocenters. The van der Waals surface area contributed by atoms with E-state index in [-0.39, 0.29) is 23.0 Å². The Bertz CT molecular complexity index is 1050. The first-order valence-electron chi connectivity index (χ1n) is 8.82. The number of rotatable bonds is 4. The smallest absolute Gasteiger partial charge is 0.308 e. The summed E-state index contributed by atoms with van der Waals surface area (Å²) in [6, 6.07) is 6.08. The quantitative estimate of drug-likeness (QED) is 0.506. The molecule has 0 bridgehead atoms. The summed E-state index contributed by atoms with van der Waals surface area (Å²) in [5, 5.41) is 11.0. The van der Waals surface area contributed by atoms with Crippen LogP contribution in [0, 0.1) is 28.3 Å². The van der Waals surface area contributed by atoms with Crippen LogP contribution in [0.15, 0.2) is 42.9 Å². The van der Waals surface area contributed by atoms with Crippen LogP contribution in [0.5, 0.6) is 0 Å². The Balaban J connectivity index is 1.73. The highest BCUT2D eigenvalue weighted by atomic mass is 19.1. The van der Waals surface area contributed by atoms with Gasteiger partial charge in [-0.3, -0.25) is 10.1 Å². The molecule has 0 saturated carbocycles. The van der Waals surface area contributed by atoms with E-state index in [2.05, 4.69) is 28.8 Å². The maximum absolute atomic E-state index is 13.3. The van der Waals surface area contributed by atoms with Crippen molar-refractivity contribution in [3.05, 3.63) is 70.3 Å². The first kappa shape index (κ1) is 18.0. The molecule has 0 aliphatic carbocycles. The third-order valence-corrected chi connectivity index (χ3v) is 5.04. The van der Waals surface area contributed by atoms with Crippen molar-refractivity contribution in [2.75, 3.05) is 11.4 Å². The predicted octanol–water partition coefficient (Wildman–Crippen LogP) is 3.61. The van der Waals surface area contributed by atoms with E-state index in [0.29, 0.717) is 18.2 Å².